The van der Waals surface area contributed by atoms with Crippen molar-refractivity contribution in [2.45, 2.75) is 0 Å². The summed E-state index contributed by atoms with van der Waals surface area (Å²) >= 11 is 23.3. The first kappa shape index (κ1) is 14.4. The van der Waals surface area contributed by atoms with Crippen LogP contribution in [-0.2, 0) is 0 Å². The summed E-state index contributed by atoms with van der Waals surface area (Å²) in [7, 11) is 0. The van der Waals surface area contributed by atoms with Gasteiger partial charge in [-0.15, -0.1) is 0 Å². The average molecular weight is 335 g/mol. The van der Waals surface area contributed by atoms with Crippen molar-refractivity contribution in [3.63, 3.8) is 0 Å². The van der Waals surface area contributed by atoms with Crippen LogP contribution in [0, 0.1) is 0 Å². The molecular formula is C12H7Cl4N3. The average Bonchev–Trinajstić information content (AvgIpc) is 2.38. The van der Waals surface area contributed by atoms with Crippen molar-refractivity contribution >= 4 is 58.4 Å². The van der Waals surface area contributed by atoms with E-state index in [0.717, 1.165) is 5.56 Å². The summed E-state index contributed by atoms with van der Waals surface area (Å²) in [5.41, 5.74) is 3.58. The topological polar surface area (TPSA) is 37.3 Å². The number of hydrogen-bond acceptors (Lipinski definition) is 3. The van der Waals surface area contributed by atoms with Crippen LogP contribution in [-0.4, -0.2) is 11.2 Å². The number of nitrogens with one attached hydrogen (secondary N) is 1. The lowest BCUT2D eigenvalue weighted by Gasteiger charge is -2.03. The molecule has 0 bridgehead atoms. The van der Waals surface area contributed by atoms with Crippen LogP contribution in [0.15, 0.2) is 35.4 Å². The predicted octanol–water partition coefficient (Wildman–Crippen LogP) is 5.14. The van der Waals surface area contributed by atoms with E-state index in [0.29, 0.717) is 20.9 Å². The zero-order chi connectivity index (χ0) is 13.8. The summed E-state index contributed by atoms with van der Waals surface area (Å²) in [6, 6.07) is 8.70. The largest absolute Gasteiger partial charge is 0.260 e. The normalized spacial score (nSPS) is 10.9. The summed E-state index contributed by atoms with van der Waals surface area (Å²) in [5, 5.41) is 5.46. The highest BCUT2D eigenvalue weighted by Crippen LogP contribution is 2.28. The molecule has 19 heavy (non-hydrogen) atoms. The molecule has 1 aromatic heterocycles. The quantitative estimate of drug-likeness (QED) is 0.479. The second-order valence-corrected chi connectivity index (χ2v) is 5.12. The number of hydrazone groups is 1. The monoisotopic (exact) mass is 333 g/mol. The van der Waals surface area contributed by atoms with Gasteiger partial charge >= 0.3 is 0 Å². The minimum absolute atomic E-state index is 0.162. The molecule has 0 aliphatic rings. The Bertz CT molecular complexity index is 611. The number of aromatic nitrogens is 1. The number of hydrogen-bond donors (Lipinski definition) is 1. The van der Waals surface area contributed by atoms with E-state index < -0.39 is 0 Å². The lowest BCUT2D eigenvalue weighted by atomic mass is 10.2. The smallest absolute Gasteiger partial charge is 0.166 e. The molecule has 0 saturated heterocycles. The number of anilines is 1. The van der Waals surface area contributed by atoms with Gasteiger partial charge in [-0.2, -0.15) is 5.10 Å². The number of nitrogens with zero attached hydrogens (tertiary/aromatic N) is 2. The molecule has 1 aromatic carbocycles. The molecule has 1 heterocycles. The minimum atomic E-state index is 0.162. The first-order chi connectivity index (χ1) is 9.06. The van der Waals surface area contributed by atoms with Crippen LogP contribution in [0.3, 0.4) is 0 Å². The van der Waals surface area contributed by atoms with Crippen molar-refractivity contribution in [2.24, 2.45) is 5.10 Å². The standard InChI is InChI=1S/C12H7Cl4N3/c13-8-3-1-7(2-4-8)6-17-19-12-10(15)5-9(14)11(16)18-12/h1-6H,(H,18,19). The maximum Gasteiger partial charge on any atom is 0.166 e. The number of pyridine rings is 1. The van der Waals surface area contributed by atoms with Crippen LogP contribution < -0.4 is 5.43 Å². The van der Waals surface area contributed by atoms with Crippen LogP contribution in [0.1, 0.15) is 5.56 Å². The summed E-state index contributed by atoms with van der Waals surface area (Å²) in [5.74, 6) is 0.335. The van der Waals surface area contributed by atoms with Crippen LogP contribution in [0.2, 0.25) is 20.2 Å². The number of rotatable bonds is 3. The molecule has 0 unspecified atom stereocenters. The minimum Gasteiger partial charge on any atom is -0.260 e. The van der Waals surface area contributed by atoms with E-state index in [4.69, 9.17) is 46.4 Å². The fourth-order valence-corrected chi connectivity index (χ4v) is 1.91. The van der Waals surface area contributed by atoms with Gasteiger partial charge in [-0.3, -0.25) is 5.43 Å². The van der Waals surface area contributed by atoms with Gasteiger partial charge in [-0.1, -0.05) is 58.5 Å². The van der Waals surface area contributed by atoms with Gasteiger partial charge in [0.2, 0.25) is 0 Å². The molecule has 0 aliphatic heterocycles. The highest BCUT2D eigenvalue weighted by molar-refractivity contribution is 6.42. The van der Waals surface area contributed by atoms with Crippen LogP contribution in [0.4, 0.5) is 5.82 Å². The van der Waals surface area contributed by atoms with Gasteiger partial charge in [0, 0.05) is 5.02 Å². The Morgan fingerprint density at radius 2 is 1.68 bits per heavy atom. The van der Waals surface area contributed by atoms with Crippen molar-refractivity contribution in [2.75, 3.05) is 5.43 Å². The molecule has 0 spiro atoms. The summed E-state index contributed by atoms with van der Waals surface area (Å²) in [6.07, 6.45) is 1.61. The molecule has 2 rings (SSSR count). The Morgan fingerprint density at radius 3 is 2.37 bits per heavy atom. The van der Waals surface area contributed by atoms with Crippen LogP contribution in [0.25, 0.3) is 0 Å². The Morgan fingerprint density at radius 1 is 1.00 bits per heavy atom. The maximum absolute atomic E-state index is 5.94. The van der Waals surface area contributed by atoms with Gasteiger partial charge in [-0.25, -0.2) is 4.98 Å². The molecular weight excluding hydrogens is 328 g/mol. The Labute approximate surface area is 130 Å². The van der Waals surface area contributed by atoms with Gasteiger partial charge in [0.15, 0.2) is 5.82 Å². The summed E-state index contributed by atoms with van der Waals surface area (Å²) in [4.78, 5) is 3.97. The highest BCUT2D eigenvalue weighted by atomic mass is 35.5. The van der Waals surface area contributed by atoms with Crippen molar-refractivity contribution in [3.8, 4) is 0 Å². The van der Waals surface area contributed by atoms with E-state index in [1.54, 1.807) is 18.3 Å². The molecule has 0 aliphatic carbocycles. The lowest BCUT2D eigenvalue weighted by molar-refractivity contribution is 1.23. The number of benzene rings is 1. The Kier molecular flexibility index (Phi) is 4.88. The maximum atomic E-state index is 5.94. The molecule has 1 N–H and O–H groups in total. The second-order valence-electron chi connectivity index (χ2n) is 3.51. The van der Waals surface area contributed by atoms with Gasteiger partial charge in [0.25, 0.3) is 0 Å². The van der Waals surface area contributed by atoms with E-state index in [2.05, 4.69) is 15.5 Å². The SMILES string of the molecule is Clc1ccc(C=NNc2nc(Cl)c(Cl)cc2Cl)cc1. The summed E-state index contributed by atoms with van der Waals surface area (Å²) in [6.45, 7) is 0. The Balaban J connectivity index is 2.10. The van der Waals surface area contributed by atoms with Crippen molar-refractivity contribution in [1.29, 1.82) is 0 Å². The molecule has 0 fully saturated rings. The molecule has 98 valence electrons. The van der Waals surface area contributed by atoms with E-state index in [9.17, 15) is 0 Å². The van der Waals surface area contributed by atoms with Gasteiger partial charge in [0.1, 0.15) is 5.15 Å². The molecule has 3 nitrogen and oxygen atoms in total. The number of halogens is 4. The van der Waals surface area contributed by atoms with Crippen molar-refractivity contribution < 1.29 is 0 Å². The first-order valence-corrected chi connectivity index (χ1v) is 6.63. The fraction of sp³-hybridized carbons (Fsp3) is 0. The van der Waals surface area contributed by atoms with Gasteiger partial charge in [0.05, 0.1) is 16.3 Å². The third-order valence-electron chi connectivity index (χ3n) is 2.14. The van der Waals surface area contributed by atoms with E-state index >= 15 is 0 Å². The zero-order valence-corrected chi connectivity index (χ0v) is 12.4. The third-order valence-corrected chi connectivity index (χ3v) is 3.35. The van der Waals surface area contributed by atoms with E-state index in [-0.39, 0.29) is 5.15 Å². The van der Waals surface area contributed by atoms with E-state index in [1.807, 2.05) is 12.1 Å². The molecule has 2 aromatic rings. The Hall–Kier alpha value is -1.00. The van der Waals surface area contributed by atoms with Gasteiger partial charge in [-0.05, 0) is 23.8 Å². The molecule has 7 heteroatoms. The predicted molar refractivity (Wildman–Crippen MR) is 81.9 cm³/mol. The van der Waals surface area contributed by atoms with Crippen molar-refractivity contribution in [3.05, 3.63) is 56.1 Å². The highest BCUT2D eigenvalue weighted by Gasteiger charge is 2.06. The molecule has 0 amide bonds. The summed E-state index contributed by atoms with van der Waals surface area (Å²) < 4.78 is 0. The second kappa shape index (κ2) is 6.44. The lowest BCUT2D eigenvalue weighted by Crippen LogP contribution is -1.95. The molecule has 0 saturated carbocycles. The van der Waals surface area contributed by atoms with Gasteiger partial charge < -0.3 is 0 Å². The van der Waals surface area contributed by atoms with Crippen molar-refractivity contribution in [1.82, 2.24) is 4.98 Å². The zero-order valence-electron chi connectivity index (χ0n) is 9.37. The van der Waals surface area contributed by atoms with E-state index in [1.165, 1.54) is 6.07 Å². The molecule has 0 radical (unpaired) electrons. The first-order valence-electron chi connectivity index (χ1n) is 5.12. The van der Waals surface area contributed by atoms with Crippen LogP contribution >= 0.6 is 46.4 Å². The van der Waals surface area contributed by atoms with Crippen LogP contribution in [0.5, 0.6) is 0 Å². The molecule has 0 atom stereocenters. The fourth-order valence-electron chi connectivity index (χ4n) is 1.24. The third kappa shape index (κ3) is 3.98.